The number of ketones is 1. The van der Waals surface area contributed by atoms with E-state index in [1.165, 1.54) is 0 Å². The van der Waals surface area contributed by atoms with Crippen molar-refractivity contribution in [3.63, 3.8) is 0 Å². The van der Waals surface area contributed by atoms with E-state index in [4.69, 9.17) is 4.74 Å². The van der Waals surface area contributed by atoms with Crippen LogP contribution in [-0.4, -0.2) is 35.4 Å². The van der Waals surface area contributed by atoms with E-state index in [0.717, 1.165) is 16.7 Å². The van der Waals surface area contributed by atoms with E-state index in [2.05, 4.69) is 0 Å². The molecule has 1 N–H and O–H groups in total. The third kappa shape index (κ3) is 4.14. The van der Waals surface area contributed by atoms with Gasteiger partial charge in [-0.1, -0.05) is 60.2 Å². The van der Waals surface area contributed by atoms with Crippen molar-refractivity contribution < 1.29 is 19.4 Å². The van der Waals surface area contributed by atoms with Crippen molar-refractivity contribution in [2.75, 3.05) is 13.7 Å². The monoisotopic (exact) mass is 427 g/mol. The second-order valence-corrected chi connectivity index (χ2v) is 7.87. The molecule has 3 aromatic carbocycles. The van der Waals surface area contributed by atoms with Gasteiger partial charge >= 0.3 is 0 Å². The maximum absolute atomic E-state index is 13.1. The van der Waals surface area contributed by atoms with Crippen LogP contribution in [0.1, 0.15) is 28.3 Å². The molecule has 1 heterocycles. The molecule has 32 heavy (non-hydrogen) atoms. The minimum Gasteiger partial charge on any atom is -0.507 e. The summed E-state index contributed by atoms with van der Waals surface area (Å²) in [6, 6.07) is 23.7. The first-order valence-corrected chi connectivity index (χ1v) is 10.5. The Morgan fingerprint density at radius 3 is 2.22 bits per heavy atom. The average molecular weight is 428 g/mol. The van der Waals surface area contributed by atoms with Crippen LogP contribution in [0.3, 0.4) is 0 Å². The standard InChI is InChI=1S/C27H25NO4/c1-18-8-10-20(11-9-18)24-23(25(29)21-12-14-22(32-2)15-13-21)26(30)27(31)28(24)17-16-19-6-4-3-5-7-19/h3-15,24,29H,16-17H2,1-2H3/t24-/m0/s1. The Labute approximate surface area is 187 Å². The molecule has 5 heteroatoms. The molecule has 0 spiro atoms. The molecule has 162 valence electrons. The lowest BCUT2D eigenvalue weighted by Crippen LogP contribution is -2.31. The summed E-state index contributed by atoms with van der Waals surface area (Å²) in [5, 5.41) is 11.1. The van der Waals surface area contributed by atoms with Gasteiger partial charge in [-0.05, 0) is 48.7 Å². The molecule has 1 aliphatic heterocycles. The molecule has 0 aliphatic carbocycles. The average Bonchev–Trinajstić information content (AvgIpc) is 3.08. The SMILES string of the molecule is COc1ccc(C(O)=C2C(=O)C(=O)N(CCc3ccccc3)[C@H]2c2ccc(C)cc2)cc1. The lowest BCUT2D eigenvalue weighted by atomic mass is 9.94. The minimum absolute atomic E-state index is 0.108. The summed E-state index contributed by atoms with van der Waals surface area (Å²) in [7, 11) is 1.56. The summed E-state index contributed by atoms with van der Waals surface area (Å²) in [5.74, 6) is -0.808. The normalized spacial score (nSPS) is 17.6. The van der Waals surface area contributed by atoms with Gasteiger partial charge in [0.05, 0.1) is 18.7 Å². The van der Waals surface area contributed by atoms with Gasteiger partial charge in [-0.15, -0.1) is 0 Å². The molecule has 0 saturated carbocycles. The Morgan fingerprint density at radius 2 is 1.59 bits per heavy atom. The fourth-order valence-corrected chi connectivity index (χ4v) is 4.00. The third-order valence-electron chi connectivity index (χ3n) is 5.78. The van der Waals surface area contributed by atoms with Gasteiger partial charge < -0.3 is 14.7 Å². The number of aryl methyl sites for hydroxylation is 1. The second kappa shape index (κ2) is 9.10. The molecule has 0 unspecified atom stereocenters. The largest absolute Gasteiger partial charge is 0.507 e. The van der Waals surface area contributed by atoms with Crippen LogP contribution in [0.4, 0.5) is 0 Å². The van der Waals surface area contributed by atoms with Crippen molar-refractivity contribution in [3.8, 4) is 5.75 Å². The summed E-state index contributed by atoms with van der Waals surface area (Å²) < 4.78 is 5.18. The van der Waals surface area contributed by atoms with Gasteiger partial charge in [0.2, 0.25) is 0 Å². The molecule has 1 fully saturated rings. The Kier molecular flexibility index (Phi) is 6.08. The van der Waals surface area contributed by atoms with Gasteiger partial charge in [0.25, 0.3) is 11.7 Å². The Hall–Kier alpha value is -3.86. The highest BCUT2D eigenvalue weighted by atomic mass is 16.5. The second-order valence-electron chi connectivity index (χ2n) is 7.87. The first-order valence-electron chi connectivity index (χ1n) is 10.5. The number of nitrogens with zero attached hydrogens (tertiary/aromatic N) is 1. The van der Waals surface area contributed by atoms with Crippen molar-refractivity contribution in [2.24, 2.45) is 0 Å². The van der Waals surface area contributed by atoms with Crippen molar-refractivity contribution >= 4 is 17.4 Å². The molecular formula is C27H25NO4. The van der Waals surface area contributed by atoms with Gasteiger partial charge in [0.1, 0.15) is 11.5 Å². The highest BCUT2D eigenvalue weighted by Crippen LogP contribution is 2.39. The van der Waals surface area contributed by atoms with Gasteiger partial charge in [-0.3, -0.25) is 9.59 Å². The van der Waals surface area contributed by atoms with E-state index in [-0.39, 0.29) is 11.3 Å². The van der Waals surface area contributed by atoms with Crippen molar-refractivity contribution in [1.82, 2.24) is 4.90 Å². The summed E-state index contributed by atoms with van der Waals surface area (Å²) in [6.45, 7) is 2.35. The zero-order valence-electron chi connectivity index (χ0n) is 18.1. The number of hydrogen-bond acceptors (Lipinski definition) is 4. The van der Waals surface area contributed by atoms with Gasteiger partial charge in [-0.2, -0.15) is 0 Å². The molecular weight excluding hydrogens is 402 g/mol. The number of rotatable bonds is 6. The number of amides is 1. The van der Waals surface area contributed by atoms with E-state index in [1.807, 2.05) is 61.5 Å². The molecule has 5 nitrogen and oxygen atoms in total. The smallest absolute Gasteiger partial charge is 0.295 e. The highest BCUT2D eigenvalue weighted by Gasteiger charge is 2.45. The summed E-state index contributed by atoms with van der Waals surface area (Å²) in [5.41, 5.74) is 3.51. The highest BCUT2D eigenvalue weighted by molar-refractivity contribution is 6.46. The van der Waals surface area contributed by atoms with Gasteiger partial charge in [-0.25, -0.2) is 0 Å². The minimum atomic E-state index is -0.669. The van der Waals surface area contributed by atoms with Crippen LogP contribution in [0, 0.1) is 6.92 Å². The van der Waals surface area contributed by atoms with Crippen LogP contribution >= 0.6 is 0 Å². The number of ether oxygens (including phenoxy) is 1. The number of carbonyl (C=O) groups excluding carboxylic acids is 2. The number of benzene rings is 3. The first-order chi connectivity index (χ1) is 15.5. The maximum atomic E-state index is 13.1. The van der Waals surface area contributed by atoms with E-state index in [0.29, 0.717) is 24.3 Å². The predicted molar refractivity (Wildman–Crippen MR) is 123 cm³/mol. The summed E-state index contributed by atoms with van der Waals surface area (Å²) >= 11 is 0. The Morgan fingerprint density at radius 1 is 0.938 bits per heavy atom. The fraction of sp³-hybridized carbons (Fsp3) is 0.185. The first kappa shape index (κ1) is 21.4. The zero-order chi connectivity index (χ0) is 22.7. The van der Waals surface area contributed by atoms with Crippen LogP contribution in [0.5, 0.6) is 5.75 Å². The molecule has 0 radical (unpaired) electrons. The predicted octanol–water partition coefficient (Wildman–Crippen LogP) is 4.67. The van der Waals surface area contributed by atoms with E-state index in [9.17, 15) is 14.7 Å². The number of methoxy groups -OCH3 is 1. The molecule has 1 atom stereocenters. The molecule has 1 amide bonds. The number of carbonyl (C=O) groups is 2. The topological polar surface area (TPSA) is 66.8 Å². The lowest BCUT2D eigenvalue weighted by Gasteiger charge is -2.25. The van der Waals surface area contributed by atoms with Crippen LogP contribution < -0.4 is 4.74 Å². The van der Waals surface area contributed by atoms with Crippen molar-refractivity contribution in [1.29, 1.82) is 0 Å². The molecule has 0 aromatic heterocycles. The van der Waals surface area contributed by atoms with Crippen molar-refractivity contribution in [2.45, 2.75) is 19.4 Å². The number of hydrogen-bond donors (Lipinski definition) is 1. The zero-order valence-corrected chi connectivity index (χ0v) is 18.1. The fourth-order valence-electron chi connectivity index (χ4n) is 4.00. The molecule has 0 bridgehead atoms. The van der Waals surface area contributed by atoms with Crippen LogP contribution in [0.15, 0.2) is 84.4 Å². The van der Waals surface area contributed by atoms with E-state index in [1.54, 1.807) is 36.3 Å². The maximum Gasteiger partial charge on any atom is 0.295 e. The number of Topliss-reactive ketones (excluding diaryl/α,β-unsaturated/α-hetero) is 1. The number of aliphatic hydroxyl groups is 1. The Bertz CT molecular complexity index is 1150. The molecule has 4 rings (SSSR count). The lowest BCUT2D eigenvalue weighted by molar-refractivity contribution is -0.139. The van der Waals surface area contributed by atoms with Crippen molar-refractivity contribution in [3.05, 3.63) is 107 Å². The molecule has 3 aromatic rings. The Balaban J connectivity index is 1.77. The quantitative estimate of drug-likeness (QED) is 0.353. The van der Waals surface area contributed by atoms with Gasteiger partial charge in [0, 0.05) is 12.1 Å². The van der Waals surface area contributed by atoms with E-state index >= 15 is 0 Å². The number of aliphatic hydroxyl groups excluding tert-OH is 1. The van der Waals surface area contributed by atoms with Crippen LogP contribution in [0.2, 0.25) is 0 Å². The van der Waals surface area contributed by atoms with E-state index < -0.39 is 17.7 Å². The number of likely N-dealkylation sites (tertiary alicyclic amines) is 1. The molecule has 1 aliphatic rings. The van der Waals surface area contributed by atoms with Gasteiger partial charge in [0.15, 0.2) is 0 Å². The third-order valence-corrected chi connectivity index (χ3v) is 5.78. The summed E-state index contributed by atoms with van der Waals surface area (Å²) in [4.78, 5) is 27.7. The molecule has 1 saturated heterocycles. The summed E-state index contributed by atoms with van der Waals surface area (Å²) in [6.07, 6.45) is 0.610. The van der Waals surface area contributed by atoms with Crippen LogP contribution in [-0.2, 0) is 16.0 Å². The van der Waals surface area contributed by atoms with Crippen LogP contribution in [0.25, 0.3) is 5.76 Å².